The van der Waals surface area contributed by atoms with E-state index in [0.29, 0.717) is 23.3 Å². The molecular formula is C15H17ClN4O2. The van der Waals surface area contributed by atoms with Gasteiger partial charge in [0.05, 0.1) is 6.54 Å². The highest BCUT2D eigenvalue weighted by Gasteiger charge is 2.20. The van der Waals surface area contributed by atoms with Crippen molar-refractivity contribution in [1.82, 2.24) is 19.9 Å². The Balaban J connectivity index is 1.62. The third-order valence-electron chi connectivity index (χ3n) is 3.72. The van der Waals surface area contributed by atoms with Gasteiger partial charge in [0.25, 0.3) is 5.89 Å². The van der Waals surface area contributed by atoms with E-state index in [1.807, 2.05) is 17.0 Å². The number of rotatable bonds is 3. The van der Waals surface area contributed by atoms with Gasteiger partial charge in [-0.3, -0.25) is 9.69 Å². The molecule has 1 aliphatic heterocycles. The van der Waals surface area contributed by atoms with Gasteiger partial charge in [-0.05, 0) is 18.2 Å². The Kier molecular flexibility index (Phi) is 4.40. The summed E-state index contributed by atoms with van der Waals surface area (Å²) in [5.74, 6) is 1.24. The zero-order valence-corrected chi connectivity index (χ0v) is 13.1. The largest absolute Gasteiger partial charge is 0.340 e. The van der Waals surface area contributed by atoms with Crippen molar-refractivity contribution in [3.8, 4) is 11.5 Å². The molecule has 1 saturated heterocycles. The summed E-state index contributed by atoms with van der Waals surface area (Å²) in [5.41, 5.74) is 0.813. The number of nitrogens with zero attached hydrogens (tertiary/aromatic N) is 4. The Bertz CT molecular complexity index is 665. The van der Waals surface area contributed by atoms with E-state index < -0.39 is 0 Å². The molecule has 2 heterocycles. The minimum absolute atomic E-state index is 0.127. The number of aromatic nitrogens is 2. The second-order valence-corrected chi connectivity index (χ2v) is 5.74. The lowest BCUT2D eigenvalue weighted by molar-refractivity contribution is -0.130. The molecule has 0 saturated carbocycles. The van der Waals surface area contributed by atoms with E-state index in [0.717, 1.165) is 31.7 Å². The van der Waals surface area contributed by atoms with Crippen LogP contribution in [0.3, 0.4) is 0 Å². The summed E-state index contributed by atoms with van der Waals surface area (Å²) in [6.45, 7) is 5.35. The predicted octanol–water partition coefficient (Wildman–Crippen LogP) is 2.05. The van der Waals surface area contributed by atoms with Crippen molar-refractivity contribution < 1.29 is 9.32 Å². The van der Waals surface area contributed by atoms with Gasteiger partial charge >= 0.3 is 0 Å². The van der Waals surface area contributed by atoms with Crippen molar-refractivity contribution in [2.45, 2.75) is 13.5 Å². The number of piperazine rings is 1. The zero-order valence-electron chi connectivity index (χ0n) is 12.3. The van der Waals surface area contributed by atoms with Crippen molar-refractivity contribution in [2.75, 3.05) is 26.2 Å². The van der Waals surface area contributed by atoms with Crippen molar-refractivity contribution in [1.29, 1.82) is 0 Å². The fraction of sp³-hybridized carbons (Fsp3) is 0.400. The second-order valence-electron chi connectivity index (χ2n) is 5.31. The average Bonchev–Trinajstić information content (AvgIpc) is 2.96. The third-order valence-corrected chi connectivity index (χ3v) is 3.96. The van der Waals surface area contributed by atoms with Crippen LogP contribution in [-0.4, -0.2) is 52.0 Å². The summed E-state index contributed by atoms with van der Waals surface area (Å²) >= 11 is 5.97. The van der Waals surface area contributed by atoms with Crippen LogP contribution in [0.4, 0.5) is 0 Å². The van der Waals surface area contributed by atoms with E-state index in [2.05, 4.69) is 15.0 Å². The lowest BCUT2D eigenvalue weighted by Crippen LogP contribution is -2.47. The molecule has 1 amide bonds. The maximum atomic E-state index is 11.3. The standard InChI is InChI=1S/C15H17ClN4O2/c1-11(21)20-7-5-19(6-8-20)10-14-17-15(22-18-14)12-3-2-4-13(16)9-12/h2-4,9H,5-8,10H2,1H3. The molecule has 0 bridgehead atoms. The van der Waals surface area contributed by atoms with Crippen molar-refractivity contribution in [3.63, 3.8) is 0 Å². The molecule has 0 spiro atoms. The van der Waals surface area contributed by atoms with Crippen LogP contribution in [0.1, 0.15) is 12.7 Å². The van der Waals surface area contributed by atoms with Crippen LogP contribution in [0.25, 0.3) is 11.5 Å². The summed E-state index contributed by atoms with van der Waals surface area (Å²) in [6, 6.07) is 7.33. The Morgan fingerprint density at radius 1 is 1.32 bits per heavy atom. The van der Waals surface area contributed by atoms with Gasteiger partial charge in [0, 0.05) is 43.7 Å². The van der Waals surface area contributed by atoms with E-state index >= 15 is 0 Å². The molecule has 1 aromatic carbocycles. The summed E-state index contributed by atoms with van der Waals surface area (Å²) in [5, 5.41) is 4.66. The van der Waals surface area contributed by atoms with Gasteiger partial charge < -0.3 is 9.42 Å². The van der Waals surface area contributed by atoms with E-state index in [1.54, 1.807) is 19.1 Å². The smallest absolute Gasteiger partial charge is 0.258 e. The Morgan fingerprint density at radius 2 is 2.09 bits per heavy atom. The molecule has 3 rings (SSSR count). The topological polar surface area (TPSA) is 62.5 Å². The van der Waals surface area contributed by atoms with Crippen LogP contribution in [0.5, 0.6) is 0 Å². The minimum atomic E-state index is 0.127. The number of halogens is 1. The van der Waals surface area contributed by atoms with Gasteiger partial charge in [-0.2, -0.15) is 4.98 Å². The molecule has 1 fully saturated rings. The predicted molar refractivity (Wildman–Crippen MR) is 82.3 cm³/mol. The molecule has 22 heavy (non-hydrogen) atoms. The fourth-order valence-electron chi connectivity index (χ4n) is 2.48. The first-order valence-corrected chi connectivity index (χ1v) is 7.56. The van der Waals surface area contributed by atoms with Gasteiger partial charge in [-0.15, -0.1) is 0 Å². The highest BCUT2D eigenvalue weighted by atomic mass is 35.5. The lowest BCUT2D eigenvalue weighted by atomic mass is 10.2. The summed E-state index contributed by atoms with van der Waals surface area (Å²) in [4.78, 5) is 19.8. The maximum absolute atomic E-state index is 11.3. The lowest BCUT2D eigenvalue weighted by Gasteiger charge is -2.33. The first-order chi connectivity index (χ1) is 10.6. The molecule has 116 valence electrons. The second kappa shape index (κ2) is 6.46. The van der Waals surface area contributed by atoms with E-state index in [9.17, 15) is 4.79 Å². The zero-order chi connectivity index (χ0) is 15.5. The van der Waals surface area contributed by atoms with Crippen LogP contribution in [0, 0.1) is 0 Å². The van der Waals surface area contributed by atoms with Gasteiger partial charge in [0.2, 0.25) is 5.91 Å². The summed E-state index contributed by atoms with van der Waals surface area (Å²) < 4.78 is 5.30. The van der Waals surface area contributed by atoms with Gasteiger partial charge in [0.15, 0.2) is 5.82 Å². The molecule has 0 atom stereocenters. The van der Waals surface area contributed by atoms with E-state index in [1.165, 1.54) is 0 Å². The van der Waals surface area contributed by atoms with Crippen LogP contribution in [0.15, 0.2) is 28.8 Å². The molecule has 6 nitrogen and oxygen atoms in total. The van der Waals surface area contributed by atoms with E-state index in [4.69, 9.17) is 16.1 Å². The Morgan fingerprint density at radius 3 is 2.77 bits per heavy atom. The quantitative estimate of drug-likeness (QED) is 0.866. The summed E-state index contributed by atoms with van der Waals surface area (Å²) in [7, 11) is 0. The number of amides is 1. The molecule has 0 radical (unpaired) electrons. The minimum Gasteiger partial charge on any atom is -0.340 e. The monoisotopic (exact) mass is 320 g/mol. The molecule has 1 aliphatic rings. The molecule has 0 aliphatic carbocycles. The number of benzene rings is 1. The number of carbonyl (C=O) groups excluding carboxylic acids is 1. The number of hydrogen-bond acceptors (Lipinski definition) is 5. The number of carbonyl (C=O) groups is 1. The molecule has 2 aromatic rings. The SMILES string of the molecule is CC(=O)N1CCN(Cc2noc(-c3cccc(Cl)c3)n2)CC1. The average molecular weight is 321 g/mol. The number of hydrogen-bond donors (Lipinski definition) is 0. The Labute approximate surface area is 133 Å². The molecule has 7 heteroatoms. The summed E-state index contributed by atoms with van der Waals surface area (Å²) in [6.07, 6.45) is 0. The highest BCUT2D eigenvalue weighted by Crippen LogP contribution is 2.21. The van der Waals surface area contributed by atoms with Crippen LogP contribution < -0.4 is 0 Å². The third kappa shape index (κ3) is 3.45. The first-order valence-electron chi connectivity index (χ1n) is 7.18. The van der Waals surface area contributed by atoms with Crippen LogP contribution >= 0.6 is 11.6 Å². The van der Waals surface area contributed by atoms with Gasteiger partial charge in [-0.25, -0.2) is 0 Å². The molecule has 0 N–H and O–H groups in total. The van der Waals surface area contributed by atoms with Crippen molar-refractivity contribution in [2.24, 2.45) is 0 Å². The first kappa shape index (κ1) is 15.0. The molecular weight excluding hydrogens is 304 g/mol. The Hall–Kier alpha value is -1.92. The van der Waals surface area contributed by atoms with Gasteiger partial charge in [0.1, 0.15) is 0 Å². The van der Waals surface area contributed by atoms with Crippen LogP contribution in [0.2, 0.25) is 5.02 Å². The van der Waals surface area contributed by atoms with Crippen molar-refractivity contribution >= 4 is 17.5 Å². The molecule has 1 aromatic heterocycles. The van der Waals surface area contributed by atoms with E-state index in [-0.39, 0.29) is 5.91 Å². The van der Waals surface area contributed by atoms with Crippen molar-refractivity contribution in [3.05, 3.63) is 35.1 Å². The highest BCUT2D eigenvalue weighted by molar-refractivity contribution is 6.30. The molecule has 0 unspecified atom stereocenters. The fourth-order valence-corrected chi connectivity index (χ4v) is 2.67. The maximum Gasteiger partial charge on any atom is 0.258 e. The van der Waals surface area contributed by atoms with Crippen LogP contribution in [-0.2, 0) is 11.3 Å². The normalized spacial score (nSPS) is 16.0. The van der Waals surface area contributed by atoms with Gasteiger partial charge in [-0.1, -0.05) is 22.8 Å².